The zero-order valence-corrected chi connectivity index (χ0v) is 14.7. The lowest BCUT2D eigenvalue weighted by atomic mass is 10.1. The largest absolute Gasteiger partial charge is 0.256 e. The molecule has 0 bridgehead atoms. The van der Waals surface area contributed by atoms with E-state index in [0.29, 0.717) is 5.02 Å². The summed E-state index contributed by atoms with van der Waals surface area (Å²) in [6.07, 6.45) is 3.84. The second-order valence-electron chi connectivity index (χ2n) is 5.81. The van der Waals surface area contributed by atoms with Gasteiger partial charge in [0, 0.05) is 28.6 Å². The first kappa shape index (κ1) is 16.3. The van der Waals surface area contributed by atoms with Gasteiger partial charge in [-0.15, -0.1) is 0 Å². The Morgan fingerprint density at radius 1 is 0.808 bits per heavy atom. The van der Waals surface area contributed by atoms with Crippen molar-refractivity contribution in [3.05, 3.63) is 102 Å². The number of aromatic nitrogens is 2. The average molecular weight is 358 g/mol. The highest BCUT2D eigenvalue weighted by Crippen LogP contribution is 2.25. The Kier molecular flexibility index (Phi) is 4.63. The number of hydrogen-bond acceptors (Lipinski definition) is 2. The zero-order chi connectivity index (χ0) is 17.8. The maximum atomic E-state index is 6.03. The van der Waals surface area contributed by atoms with Crippen LogP contribution in [0.5, 0.6) is 0 Å². The van der Waals surface area contributed by atoms with E-state index in [0.717, 1.165) is 28.2 Å². The predicted molar refractivity (Wildman–Crippen MR) is 108 cm³/mol. The van der Waals surface area contributed by atoms with Crippen molar-refractivity contribution in [3.8, 4) is 16.9 Å². The van der Waals surface area contributed by atoms with Gasteiger partial charge in [-0.05, 0) is 36.4 Å². The van der Waals surface area contributed by atoms with Crippen LogP contribution in [0, 0.1) is 0 Å². The molecule has 4 aromatic rings. The number of para-hydroxylation sites is 2. The predicted octanol–water partition coefficient (Wildman–Crippen LogP) is 5.94. The van der Waals surface area contributed by atoms with Gasteiger partial charge in [-0.3, -0.25) is 4.99 Å². The molecule has 0 N–H and O–H groups in total. The molecule has 0 radical (unpaired) electrons. The molecule has 0 amide bonds. The summed E-state index contributed by atoms with van der Waals surface area (Å²) < 4.78 is 1.87. The molecule has 4 rings (SSSR count). The summed E-state index contributed by atoms with van der Waals surface area (Å²) in [6, 6.07) is 27.6. The second kappa shape index (κ2) is 7.38. The van der Waals surface area contributed by atoms with Crippen LogP contribution in [0.1, 0.15) is 5.56 Å². The van der Waals surface area contributed by atoms with E-state index in [1.807, 2.05) is 102 Å². The SMILES string of the molecule is Clc1ccc(-c2nn(-c3ccccc3)cc2C=Nc2ccccc2)cc1. The lowest BCUT2D eigenvalue weighted by Crippen LogP contribution is -1.93. The molecule has 126 valence electrons. The summed E-state index contributed by atoms with van der Waals surface area (Å²) in [5.41, 5.74) is 4.72. The van der Waals surface area contributed by atoms with E-state index in [4.69, 9.17) is 16.7 Å². The third-order valence-electron chi connectivity index (χ3n) is 3.99. The molecule has 0 unspecified atom stereocenters. The Bertz CT molecular complexity index is 1020. The summed E-state index contributed by atoms with van der Waals surface area (Å²) in [7, 11) is 0. The van der Waals surface area contributed by atoms with Gasteiger partial charge in [-0.2, -0.15) is 5.10 Å². The van der Waals surface area contributed by atoms with Crippen molar-refractivity contribution >= 4 is 23.5 Å². The van der Waals surface area contributed by atoms with E-state index < -0.39 is 0 Å². The molecule has 0 aliphatic rings. The fraction of sp³-hybridized carbons (Fsp3) is 0. The van der Waals surface area contributed by atoms with Crippen LogP contribution in [0.3, 0.4) is 0 Å². The third kappa shape index (κ3) is 3.58. The van der Waals surface area contributed by atoms with Gasteiger partial charge in [0.25, 0.3) is 0 Å². The number of halogens is 1. The number of rotatable bonds is 4. The van der Waals surface area contributed by atoms with Gasteiger partial charge in [-0.1, -0.05) is 60.1 Å². The van der Waals surface area contributed by atoms with Crippen molar-refractivity contribution < 1.29 is 0 Å². The van der Waals surface area contributed by atoms with Gasteiger partial charge in [0.15, 0.2) is 0 Å². The van der Waals surface area contributed by atoms with E-state index >= 15 is 0 Å². The van der Waals surface area contributed by atoms with Gasteiger partial charge in [-0.25, -0.2) is 4.68 Å². The summed E-state index contributed by atoms with van der Waals surface area (Å²) in [4.78, 5) is 4.58. The second-order valence-corrected chi connectivity index (χ2v) is 6.25. The van der Waals surface area contributed by atoms with Crippen molar-refractivity contribution in [3.63, 3.8) is 0 Å². The molecule has 0 fully saturated rings. The Labute approximate surface area is 157 Å². The molecule has 0 atom stereocenters. The van der Waals surface area contributed by atoms with E-state index in [2.05, 4.69) is 4.99 Å². The Morgan fingerprint density at radius 2 is 1.46 bits per heavy atom. The maximum absolute atomic E-state index is 6.03. The van der Waals surface area contributed by atoms with Crippen LogP contribution < -0.4 is 0 Å². The Morgan fingerprint density at radius 3 is 2.15 bits per heavy atom. The van der Waals surface area contributed by atoms with Crippen LogP contribution >= 0.6 is 11.6 Å². The summed E-state index contributed by atoms with van der Waals surface area (Å²) in [6.45, 7) is 0. The minimum Gasteiger partial charge on any atom is -0.256 e. The van der Waals surface area contributed by atoms with E-state index in [-0.39, 0.29) is 0 Å². The van der Waals surface area contributed by atoms with Crippen LogP contribution in [0.25, 0.3) is 16.9 Å². The molecule has 0 aliphatic heterocycles. The molecule has 0 saturated heterocycles. The minimum absolute atomic E-state index is 0.704. The molecule has 0 spiro atoms. The normalized spacial score (nSPS) is 11.1. The summed E-state index contributed by atoms with van der Waals surface area (Å²) >= 11 is 6.03. The van der Waals surface area contributed by atoms with Crippen molar-refractivity contribution in [2.24, 2.45) is 4.99 Å². The fourth-order valence-corrected chi connectivity index (χ4v) is 2.81. The first-order chi connectivity index (χ1) is 12.8. The van der Waals surface area contributed by atoms with E-state index in [1.54, 1.807) is 0 Å². The lowest BCUT2D eigenvalue weighted by Gasteiger charge is -2.00. The Hall–Kier alpha value is -3.17. The molecular formula is C22H16ClN3. The summed E-state index contributed by atoms with van der Waals surface area (Å²) in [5, 5.41) is 5.48. The standard InChI is InChI=1S/C22H16ClN3/c23-19-13-11-17(12-14-19)22-18(15-24-20-7-3-1-4-8-20)16-26(25-22)21-9-5-2-6-10-21/h1-16H. The number of hydrogen-bond donors (Lipinski definition) is 0. The van der Waals surface area contributed by atoms with Crippen LogP contribution in [0.4, 0.5) is 5.69 Å². The highest BCUT2D eigenvalue weighted by molar-refractivity contribution is 6.30. The molecule has 3 aromatic carbocycles. The number of aliphatic imine (C=N–C) groups is 1. The van der Waals surface area contributed by atoms with Gasteiger partial charge in [0.05, 0.1) is 11.4 Å². The minimum atomic E-state index is 0.704. The molecular weight excluding hydrogens is 342 g/mol. The molecule has 4 heteroatoms. The van der Waals surface area contributed by atoms with Crippen LogP contribution in [0.15, 0.2) is 96.1 Å². The molecule has 3 nitrogen and oxygen atoms in total. The maximum Gasteiger partial charge on any atom is 0.101 e. The van der Waals surface area contributed by atoms with Gasteiger partial charge in [0.1, 0.15) is 5.69 Å². The van der Waals surface area contributed by atoms with Crippen LogP contribution in [-0.2, 0) is 0 Å². The first-order valence-electron chi connectivity index (χ1n) is 8.30. The molecule has 26 heavy (non-hydrogen) atoms. The van der Waals surface area contributed by atoms with Crippen LogP contribution in [0.2, 0.25) is 5.02 Å². The Balaban J connectivity index is 1.79. The van der Waals surface area contributed by atoms with E-state index in [9.17, 15) is 0 Å². The van der Waals surface area contributed by atoms with Crippen LogP contribution in [-0.4, -0.2) is 16.0 Å². The molecule has 0 saturated carbocycles. The van der Waals surface area contributed by atoms with Gasteiger partial charge < -0.3 is 0 Å². The highest BCUT2D eigenvalue weighted by atomic mass is 35.5. The van der Waals surface area contributed by atoms with E-state index in [1.165, 1.54) is 0 Å². The third-order valence-corrected chi connectivity index (χ3v) is 4.24. The fourth-order valence-electron chi connectivity index (χ4n) is 2.68. The van der Waals surface area contributed by atoms with Crippen molar-refractivity contribution in [1.29, 1.82) is 0 Å². The average Bonchev–Trinajstić information content (AvgIpc) is 3.13. The van der Waals surface area contributed by atoms with Gasteiger partial charge in [0.2, 0.25) is 0 Å². The number of benzene rings is 3. The smallest absolute Gasteiger partial charge is 0.101 e. The zero-order valence-electron chi connectivity index (χ0n) is 14.0. The monoisotopic (exact) mass is 357 g/mol. The first-order valence-corrected chi connectivity index (χ1v) is 8.67. The molecule has 0 aliphatic carbocycles. The lowest BCUT2D eigenvalue weighted by molar-refractivity contribution is 0.884. The quantitative estimate of drug-likeness (QED) is 0.415. The summed E-state index contributed by atoms with van der Waals surface area (Å²) in [5.74, 6) is 0. The van der Waals surface area contributed by atoms with Gasteiger partial charge >= 0.3 is 0 Å². The van der Waals surface area contributed by atoms with Crippen molar-refractivity contribution in [2.75, 3.05) is 0 Å². The molecule has 1 heterocycles. The number of nitrogens with zero attached hydrogens (tertiary/aromatic N) is 3. The molecule has 1 aromatic heterocycles. The van der Waals surface area contributed by atoms with Crippen molar-refractivity contribution in [2.45, 2.75) is 0 Å². The topological polar surface area (TPSA) is 30.2 Å². The van der Waals surface area contributed by atoms with Crippen molar-refractivity contribution in [1.82, 2.24) is 9.78 Å². The highest BCUT2D eigenvalue weighted by Gasteiger charge is 2.11.